The zero-order valence-electron chi connectivity index (χ0n) is 16.1. The molecule has 1 aliphatic rings. The van der Waals surface area contributed by atoms with E-state index in [-0.39, 0.29) is 6.09 Å². The van der Waals surface area contributed by atoms with E-state index in [4.69, 9.17) is 9.73 Å². The number of hydrogen-bond donors (Lipinski definition) is 2. The molecule has 0 unspecified atom stereocenters. The van der Waals surface area contributed by atoms with Crippen molar-refractivity contribution in [2.75, 3.05) is 26.7 Å². The highest BCUT2D eigenvalue weighted by Gasteiger charge is 2.23. The van der Waals surface area contributed by atoms with E-state index in [1.54, 1.807) is 4.90 Å². The molecule has 27 heavy (non-hydrogen) atoms. The lowest BCUT2D eigenvalue weighted by Crippen LogP contribution is -2.49. The second kappa shape index (κ2) is 9.26. The molecule has 1 saturated heterocycles. The summed E-state index contributed by atoms with van der Waals surface area (Å²) in [7, 11) is 1.43. The Hall–Kier alpha value is -2.76. The highest BCUT2D eigenvalue weighted by Crippen LogP contribution is 2.19. The first-order chi connectivity index (χ1) is 13.2. The number of guanidine groups is 1. The van der Waals surface area contributed by atoms with Crippen molar-refractivity contribution >= 4 is 22.8 Å². The Morgan fingerprint density at radius 2 is 1.93 bits per heavy atom. The van der Waals surface area contributed by atoms with Gasteiger partial charge >= 0.3 is 6.09 Å². The van der Waals surface area contributed by atoms with Gasteiger partial charge in [-0.25, -0.2) is 9.79 Å². The molecule has 0 spiro atoms. The molecular weight excluding hydrogens is 340 g/mol. The van der Waals surface area contributed by atoms with Crippen LogP contribution >= 0.6 is 0 Å². The lowest BCUT2D eigenvalue weighted by molar-refractivity contribution is 0.111. The average Bonchev–Trinajstić information content (AvgIpc) is 2.72. The van der Waals surface area contributed by atoms with Gasteiger partial charge < -0.3 is 20.3 Å². The number of nitrogens with one attached hydrogen (secondary N) is 2. The monoisotopic (exact) mass is 368 g/mol. The van der Waals surface area contributed by atoms with E-state index in [1.807, 2.05) is 0 Å². The van der Waals surface area contributed by atoms with Gasteiger partial charge in [-0.15, -0.1) is 0 Å². The van der Waals surface area contributed by atoms with Gasteiger partial charge in [0.05, 0.1) is 13.7 Å². The molecular formula is C21H28N4O2. The van der Waals surface area contributed by atoms with Gasteiger partial charge in [0.2, 0.25) is 0 Å². The maximum absolute atomic E-state index is 11.6. The lowest BCUT2D eigenvalue weighted by Gasteiger charge is -2.32. The molecule has 0 atom stereocenters. The predicted molar refractivity (Wildman–Crippen MR) is 109 cm³/mol. The van der Waals surface area contributed by atoms with Crippen LogP contribution in [-0.4, -0.2) is 49.7 Å². The van der Waals surface area contributed by atoms with Crippen molar-refractivity contribution in [2.24, 2.45) is 4.99 Å². The van der Waals surface area contributed by atoms with Crippen LogP contribution in [0.5, 0.6) is 0 Å². The van der Waals surface area contributed by atoms with E-state index in [2.05, 4.69) is 60.0 Å². The summed E-state index contributed by atoms with van der Waals surface area (Å²) < 4.78 is 4.80. The second-order valence-corrected chi connectivity index (χ2v) is 6.71. The smallest absolute Gasteiger partial charge is 0.409 e. The Kier molecular flexibility index (Phi) is 6.52. The number of fused-ring (bicyclic) bond motifs is 1. The Labute approximate surface area is 160 Å². The molecule has 0 saturated carbocycles. The molecule has 2 N–H and O–H groups in total. The molecule has 1 heterocycles. The van der Waals surface area contributed by atoms with E-state index in [0.29, 0.717) is 25.7 Å². The molecule has 0 aromatic heterocycles. The van der Waals surface area contributed by atoms with Gasteiger partial charge in [0, 0.05) is 25.7 Å². The summed E-state index contributed by atoms with van der Waals surface area (Å²) in [6.07, 6.45) is 1.52. The van der Waals surface area contributed by atoms with Crippen LogP contribution in [0.2, 0.25) is 0 Å². The summed E-state index contributed by atoms with van der Waals surface area (Å²) in [6.45, 7) is 4.90. The largest absolute Gasteiger partial charge is 0.453 e. The van der Waals surface area contributed by atoms with E-state index in [0.717, 1.165) is 25.3 Å². The number of carbonyl (C=O) groups excluding carboxylic acids is 1. The number of rotatable bonds is 4. The van der Waals surface area contributed by atoms with Gasteiger partial charge in [-0.3, -0.25) is 0 Å². The topological polar surface area (TPSA) is 66.0 Å². The fraction of sp³-hybridized carbons (Fsp3) is 0.429. The minimum absolute atomic E-state index is 0.245. The summed E-state index contributed by atoms with van der Waals surface area (Å²) in [4.78, 5) is 18.1. The molecule has 1 fully saturated rings. The Morgan fingerprint density at radius 1 is 1.19 bits per heavy atom. The summed E-state index contributed by atoms with van der Waals surface area (Å²) in [5.41, 5.74) is 1.21. The quantitative estimate of drug-likeness (QED) is 0.643. The zero-order chi connectivity index (χ0) is 19.1. The number of nitrogens with zero attached hydrogens (tertiary/aromatic N) is 2. The van der Waals surface area contributed by atoms with Crippen LogP contribution in [0.15, 0.2) is 47.5 Å². The first kappa shape index (κ1) is 19.0. The third kappa shape index (κ3) is 4.90. The molecule has 1 aliphatic heterocycles. The Morgan fingerprint density at radius 3 is 2.67 bits per heavy atom. The number of methoxy groups -OCH3 is 1. The van der Waals surface area contributed by atoms with Gasteiger partial charge in [-0.2, -0.15) is 0 Å². The number of hydrogen-bond acceptors (Lipinski definition) is 3. The van der Waals surface area contributed by atoms with Gasteiger partial charge in [-0.1, -0.05) is 42.5 Å². The third-order valence-electron chi connectivity index (χ3n) is 4.90. The molecule has 0 aliphatic carbocycles. The Balaban J connectivity index is 1.64. The maximum Gasteiger partial charge on any atom is 0.409 e. The molecule has 2 aromatic rings. The minimum atomic E-state index is -0.245. The molecule has 1 amide bonds. The van der Waals surface area contributed by atoms with Gasteiger partial charge in [-0.05, 0) is 36.1 Å². The lowest BCUT2D eigenvalue weighted by atomic mass is 10.0. The number of ether oxygens (including phenoxy) is 1. The molecule has 2 aromatic carbocycles. The van der Waals surface area contributed by atoms with Crippen LogP contribution in [0.4, 0.5) is 4.79 Å². The zero-order valence-corrected chi connectivity index (χ0v) is 16.1. The number of likely N-dealkylation sites (tertiary alicyclic amines) is 1. The average molecular weight is 368 g/mol. The fourth-order valence-corrected chi connectivity index (χ4v) is 3.44. The van der Waals surface area contributed by atoms with E-state index < -0.39 is 0 Å². The van der Waals surface area contributed by atoms with E-state index >= 15 is 0 Å². The van der Waals surface area contributed by atoms with Crippen LogP contribution in [0.1, 0.15) is 25.3 Å². The second-order valence-electron chi connectivity index (χ2n) is 6.71. The van der Waals surface area contributed by atoms with Crippen molar-refractivity contribution < 1.29 is 9.53 Å². The SMILES string of the molecule is CCNC(=NCc1cccc2ccccc12)NC1CCN(C(=O)OC)CC1. The number of piperidine rings is 1. The first-order valence-electron chi connectivity index (χ1n) is 9.55. The van der Waals surface area contributed by atoms with Crippen LogP contribution in [0.3, 0.4) is 0 Å². The van der Waals surface area contributed by atoms with E-state index in [9.17, 15) is 4.79 Å². The first-order valence-corrected chi connectivity index (χ1v) is 9.55. The number of carbonyl (C=O) groups is 1. The summed E-state index contributed by atoms with van der Waals surface area (Å²) in [6, 6.07) is 15.0. The van der Waals surface area contributed by atoms with Crippen LogP contribution < -0.4 is 10.6 Å². The normalized spacial score (nSPS) is 15.6. The molecule has 0 bridgehead atoms. The van der Waals surface area contributed by atoms with E-state index in [1.165, 1.54) is 23.4 Å². The summed E-state index contributed by atoms with van der Waals surface area (Å²) >= 11 is 0. The molecule has 144 valence electrons. The highest BCUT2D eigenvalue weighted by atomic mass is 16.5. The highest BCUT2D eigenvalue weighted by molar-refractivity contribution is 5.86. The number of benzene rings is 2. The number of aliphatic imine (C=N–C) groups is 1. The maximum atomic E-state index is 11.6. The van der Waals surface area contributed by atoms with Crippen molar-refractivity contribution in [1.82, 2.24) is 15.5 Å². The van der Waals surface area contributed by atoms with Gasteiger partial charge in [0.25, 0.3) is 0 Å². The van der Waals surface area contributed by atoms with Crippen molar-refractivity contribution in [3.05, 3.63) is 48.0 Å². The minimum Gasteiger partial charge on any atom is -0.453 e. The van der Waals surface area contributed by atoms with Crippen LogP contribution in [0.25, 0.3) is 10.8 Å². The molecule has 6 heteroatoms. The molecule has 0 radical (unpaired) electrons. The van der Waals surface area contributed by atoms with Crippen molar-refractivity contribution in [3.63, 3.8) is 0 Å². The van der Waals surface area contributed by atoms with Crippen molar-refractivity contribution in [1.29, 1.82) is 0 Å². The predicted octanol–water partition coefficient (Wildman–Crippen LogP) is 3.13. The van der Waals surface area contributed by atoms with Gasteiger partial charge in [0.1, 0.15) is 0 Å². The van der Waals surface area contributed by atoms with Crippen LogP contribution in [0, 0.1) is 0 Å². The number of amides is 1. The van der Waals surface area contributed by atoms with Crippen molar-refractivity contribution in [3.8, 4) is 0 Å². The fourth-order valence-electron chi connectivity index (χ4n) is 3.44. The Bertz CT molecular complexity index is 792. The third-order valence-corrected chi connectivity index (χ3v) is 4.90. The van der Waals surface area contributed by atoms with Gasteiger partial charge in [0.15, 0.2) is 5.96 Å². The standard InChI is InChI=1S/C21H28N4O2/c1-3-22-20(24-18-11-13-25(14-12-18)21(26)27-2)23-15-17-9-6-8-16-7-4-5-10-19(16)17/h4-10,18H,3,11-15H2,1-2H3,(H2,22,23,24). The van der Waals surface area contributed by atoms with Crippen LogP contribution in [-0.2, 0) is 11.3 Å². The molecule has 6 nitrogen and oxygen atoms in total. The summed E-state index contributed by atoms with van der Waals surface area (Å²) in [5.74, 6) is 0.821. The van der Waals surface area contributed by atoms with Crippen molar-refractivity contribution in [2.45, 2.75) is 32.4 Å². The summed E-state index contributed by atoms with van der Waals surface area (Å²) in [5, 5.41) is 9.32. The molecule has 3 rings (SSSR count).